The maximum Gasteiger partial charge on any atom is 0.317 e. The topological polar surface area (TPSA) is 82.5 Å². The minimum Gasteiger partial charge on any atom is -0.481 e. The van der Waals surface area contributed by atoms with E-state index in [-0.39, 0.29) is 12.6 Å². The lowest BCUT2D eigenvalue weighted by Crippen LogP contribution is -2.40. The third kappa shape index (κ3) is 4.95. The molecule has 2 amide bonds. The van der Waals surface area contributed by atoms with E-state index in [0.717, 1.165) is 5.56 Å². The van der Waals surface area contributed by atoms with Crippen LogP contribution in [0, 0.1) is 5.92 Å². The third-order valence-electron chi connectivity index (χ3n) is 2.86. The number of rotatable bonds is 6. The van der Waals surface area contributed by atoms with Crippen molar-refractivity contribution in [3.05, 3.63) is 30.1 Å². The summed E-state index contributed by atoms with van der Waals surface area (Å²) in [6.45, 7) is 2.38. The van der Waals surface area contributed by atoms with Crippen LogP contribution in [-0.4, -0.2) is 40.6 Å². The fourth-order valence-electron chi connectivity index (χ4n) is 1.59. The monoisotopic (exact) mass is 265 g/mol. The summed E-state index contributed by atoms with van der Waals surface area (Å²) in [4.78, 5) is 28.0. The van der Waals surface area contributed by atoms with Crippen LogP contribution in [0.3, 0.4) is 0 Å². The summed E-state index contributed by atoms with van der Waals surface area (Å²) in [7, 11) is 1.66. The van der Waals surface area contributed by atoms with Gasteiger partial charge in [-0.3, -0.25) is 9.78 Å². The van der Waals surface area contributed by atoms with Gasteiger partial charge in [-0.1, -0.05) is 6.92 Å². The lowest BCUT2D eigenvalue weighted by atomic mass is 10.1. The van der Waals surface area contributed by atoms with Gasteiger partial charge in [-0.05, 0) is 24.1 Å². The number of carbonyl (C=O) groups excluding carboxylic acids is 1. The molecule has 6 nitrogen and oxygen atoms in total. The molecule has 1 rings (SSSR count). The molecule has 6 heteroatoms. The molecule has 1 heterocycles. The van der Waals surface area contributed by atoms with Gasteiger partial charge in [-0.2, -0.15) is 0 Å². The second-order valence-corrected chi connectivity index (χ2v) is 4.34. The van der Waals surface area contributed by atoms with Gasteiger partial charge in [0.2, 0.25) is 0 Å². The third-order valence-corrected chi connectivity index (χ3v) is 2.86. The summed E-state index contributed by atoms with van der Waals surface area (Å²) in [5.41, 5.74) is 0.970. The van der Waals surface area contributed by atoms with Crippen molar-refractivity contribution in [1.29, 1.82) is 0 Å². The minimum atomic E-state index is -0.889. The standard InChI is InChI=1S/C13H19N3O3/c1-3-11(12(17)18)8-15-13(19)16(2)9-10-4-6-14-7-5-10/h4-7,11H,3,8-9H2,1-2H3,(H,15,19)(H,17,18). The molecular weight excluding hydrogens is 246 g/mol. The molecule has 0 aliphatic heterocycles. The normalized spacial score (nSPS) is 11.7. The number of aromatic nitrogens is 1. The van der Waals surface area contributed by atoms with Crippen molar-refractivity contribution in [1.82, 2.24) is 15.2 Å². The molecule has 0 saturated carbocycles. The SMILES string of the molecule is CCC(CNC(=O)N(C)Cc1ccncc1)C(=O)O. The second kappa shape index (κ2) is 7.35. The van der Waals surface area contributed by atoms with E-state index in [9.17, 15) is 9.59 Å². The number of pyridine rings is 1. The second-order valence-electron chi connectivity index (χ2n) is 4.34. The summed E-state index contributed by atoms with van der Waals surface area (Å²) in [6.07, 6.45) is 3.82. The average Bonchev–Trinajstić information content (AvgIpc) is 2.39. The van der Waals surface area contributed by atoms with Crippen molar-refractivity contribution in [3.8, 4) is 0 Å². The van der Waals surface area contributed by atoms with E-state index in [0.29, 0.717) is 13.0 Å². The van der Waals surface area contributed by atoms with Crippen LogP contribution in [0.4, 0.5) is 4.79 Å². The van der Waals surface area contributed by atoms with Gasteiger partial charge in [-0.25, -0.2) is 4.79 Å². The number of carboxylic acids is 1. The van der Waals surface area contributed by atoms with Gasteiger partial charge in [0.15, 0.2) is 0 Å². The van der Waals surface area contributed by atoms with E-state index in [2.05, 4.69) is 10.3 Å². The fraction of sp³-hybridized carbons (Fsp3) is 0.462. The van der Waals surface area contributed by atoms with Gasteiger partial charge in [0.1, 0.15) is 0 Å². The number of hydrogen-bond donors (Lipinski definition) is 2. The lowest BCUT2D eigenvalue weighted by molar-refractivity contribution is -0.141. The highest BCUT2D eigenvalue weighted by Crippen LogP contribution is 2.03. The molecule has 0 fully saturated rings. The molecule has 0 bridgehead atoms. The Bertz CT molecular complexity index is 422. The Morgan fingerprint density at radius 3 is 2.58 bits per heavy atom. The van der Waals surface area contributed by atoms with Crippen molar-refractivity contribution in [2.75, 3.05) is 13.6 Å². The predicted molar refractivity (Wildman–Crippen MR) is 70.5 cm³/mol. The Hall–Kier alpha value is -2.11. The van der Waals surface area contributed by atoms with Crippen LogP contribution in [0.15, 0.2) is 24.5 Å². The number of carboxylic acid groups (broad SMARTS) is 1. The minimum absolute atomic E-state index is 0.144. The first-order valence-electron chi connectivity index (χ1n) is 6.15. The number of aliphatic carboxylic acids is 1. The Balaban J connectivity index is 2.43. The molecule has 0 aromatic carbocycles. The maximum atomic E-state index is 11.8. The summed E-state index contributed by atoms with van der Waals surface area (Å²) in [6, 6.07) is 3.38. The van der Waals surface area contributed by atoms with E-state index < -0.39 is 11.9 Å². The lowest BCUT2D eigenvalue weighted by Gasteiger charge is -2.19. The van der Waals surface area contributed by atoms with Crippen molar-refractivity contribution >= 4 is 12.0 Å². The number of urea groups is 1. The van der Waals surface area contributed by atoms with Crippen molar-refractivity contribution < 1.29 is 14.7 Å². The smallest absolute Gasteiger partial charge is 0.317 e. The highest BCUT2D eigenvalue weighted by atomic mass is 16.4. The molecule has 1 aromatic heterocycles. The van der Waals surface area contributed by atoms with Crippen LogP contribution in [0.1, 0.15) is 18.9 Å². The summed E-state index contributed by atoms with van der Waals surface area (Å²) in [5.74, 6) is -1.43. The first-order valence-corrected chi connectivity index (χ1v) is 6.15. The zero-order valence-corrected chi connectivity index (χ0v) is 11.2. The number of nitrogens with one attached hydrogen (secondary N) is 1. The first-order chi connectivity index (χ1) is 9.04. The molecular formula is C13H19N3O3. The molecule has 0 aliphatic rings. The van der Waals surface area contributed by atoms with Crippen LogP contribution in [0.2, 0.25) is 0 Å². The zero-order chi connectivity index (χ0) is 14.3. The van der Waals surface area contributed by atoms with E-state index >= 15 is 0 Å². The van der Waals surface area contributed by atoms with E-state index in [1.807, 2.05) is 12.1 Å². The molecule has 0 spiro atoms. The number of amides is 2. The van der Waals surface area contributed by atoms with Gasteiger partial charge < -0.3 is 15.3 Å². The van der Waals surface area contributed by atoms with Gasteiger partial charge in [-0.15, -0.1) is 0 Å². The van der Waals surface area contributed by atoms with Gasteiger partial charge in [0.05, 0.1) is 5.92 Å². The molecule has 1 aromatic rings. The van der Waals surface area contributed by atoms with Crippen LogP contribution in [-0.2, 0) is 11.3 Å². The molecule has 2 N–H and O–H groups in total. The van der Waals surface area contributed by atoms with Crippen LogP contribution in [0.5, 0.6) is 0 Å². The van der Waals surface area contributed by atoms with Gasteiger partial charge in [0, 0.05) is 32.5 Å². The number of nitrogens with zero attached hydrogens (tertiary/aromatic N) is 2. The highest BCUT2D eigenvalue weighted by Gasteiger charge is 2.17. The average molecular weight is 265 g/mol. The highest BCUT2D eigenvalue weighted by molar-refractivity contribution is 5.75. The summed E-state index contributed by atoms with van der Waals surface area (Å²) < 4.78 is 0. The molecule has 0 radical (unpaired) electrons. The van der Waals surface area contributed by atoms with Crippen LogP contribution < -0.4 is 5.32 Å². The summed E-state index contributed by atoms with van der Waals surface area (Å²) >= 11 is 0. The van der Waals surface area contributed by atoms with Crippen molar-refractivity contribution in [2.24, 2.45) is 5.92 Å². The largest absolute Gasteiger partial charge is 0.481 e. The van der Waals surface area contributed by atoms with E-state index in [1.165, 1.54) is 4.90 Å². The molecule has 19 heavy (non-hydrogen) atoms. The molecule has 1 atom stereocenters. The zero-order valence-electron chi connectivity index (χ0n) is 11.2. The van der Waals surface area contributed by atoms with Crippen molar-refractivity contribution in [2.45, 2.75) is 19.9 Å². The fourth-order valence-corrected chi connectivity index (χ4v) is 1.59. The number of hydrogen-bond acceptors (Lipinski definition) is 3. The van der Waals surface area contributed by atoms with Crippen LogP contribution in [0.25, 0.3) is 0 Å². The maximum absolute atomic E-state index is 11.8. The quantitative estimate of drug-likeness (QED) is 0.813. The van der Waals surface area contributed by atoms with E-state index in [4.69, 9.17) is 5.11 Å². The Morgan fingerprint density at radius 2 is 2.05 bits per heavy atom. The Morgan fingerprint density at radius 1 is 1.42 bits per heavy atom. The Labute approximate surface area is 112 Å². The van der Waals surface area contributed by atoms with Gasteiger partial charge in [0.25, 0.3) is 0 Å². The van der Waals surface area contributed by atoms with Gasteiger partial charge >= 0.3 is 12.0 Å². The number of carbonyl (C=O) groups is 2. The van der Waals surface area contributed by atoms with Crippen molar-refractivity contribution in [3.63, 3.8) is 0 Å². The van der Waals surface area contributed by atoms with Crippen LogP contribution >= 0.6 is 0 Å². The molecule has 104 valence electrons. The molecule has 1 unspecified atom stereocenters. The molecule has 0 aliphatic carbocycles. The predicted octanol–water partition coefficient (Wildman–Crippen LogP) is 1.33. The Kier molecular flexibility index (Phi) is 5.78. The van der Waals surface area contributed by atoms with E-state index in [1.54, 1.807) is 26.4 Å². The molecule has 0 saturated heterocycles. The first kappa shape index (κ1) is 14.9. The summed E-state index contributed by atoms with van der Waals surface area (Å²) in [5, 5.41) is 11.5.